The van der Waals surface area contributed by atoms with Gasteiger partial charge in [-0.05, 0) is 67.1 Å². The molecule has 0 saturated carbocycles. The fourth-order valence-corrected chi connectivity index (χ4v) is 4.45. The van der Waals surface area contributed by atoms with Crippen LogP contribution in [0, 0.1) is 12.7 Å². The van der Waals surface area contributed by atoms with Crippen LogP contribution in [0.2, 0.25) is 0 Å². The van der Waals surface area contributed by atoms with Gasteiger partial charge in [-0.25, -0.2) is 18.8 Å². The molecule has 4 N–H and O–H groups in total. The van der Waals surface area contributed by atoms with Crippen molar-refractivity contribution in [1.29, 1.82) is 0 Å². The minimum absolute atomic E-state index is 0.0484. The van der Waals surface area contributed by atoms with Crippen LogP contribution in [-0.2, 0) is 4.79 Å². The molecule has 3 aromatic rings. The molecule has 1 saturated heterocycles. The van der Waals surface area contributed by atoms with Gasteiger partial charge in [0.25, 0.3) is 0 Å². The van der Waals surface area contributed by atoms with Crippen LogP contribution in [0.4, 0.5) is 15.9 Å². The first kappa shape index (κ1) is 25.3. The van der Waals surface area contributed by atoms with Crippen LogP contribution in [0.1, 0.15) is 54.1 Å². The molecule has 2 aromatic carbocycles. The number of aliphatic hydroxyl groups is 1. The van der Waals surface area contributed by atoms with E-state index >= 15 is 0 Å². The molecule has 2 heterocycles. The first-order valence-electron chi connectivity index (χ1n) is 11.8. The molecule has 10 heteroatoms. The number of halogens is 1. The predicted molar refractivity (Wildman–Crippen MR) is 134 cm³/mol. The molecule has 1 aliphatic rings. The summed E-state index contributed by atoms with van der Waals surface area (Å²) in [5.41, 5.74) is 2.50. The van der Waals surface area contributed by atoms with Gasteiger partial charge in [-0.3, -0.25) is 4.79 Å². The highest BCUT2D eigenvalue weighted by Gasteiger charge is 2.35. The number of carbonyl (C=O) groups is 2. The number of anilines is 2. The second-order valence-electron chi connectivity index (χ2n) is 9.24. The zero-order chi connectivity index (χ0) is 26.0. The average Bonchev–Trinajstić information content (AvgIpc) is 3.48. The Balaban J connectivity index is 1.41. The second-order valence-corrected chi connectivity index (χ2v) is 9.24. The number of nitrogens with zero attached hydrogens (tertiary/aromatic N) is 3. The molecule has 1 aliphatic heterocycles. The van der Waals surface area contributed by atoms with Crippen LogP contribution in [0.15, 0.2) is 48.7 Å². The Bertz CT molecular complexity index is 1270. The molecule has 4 rings (SSSR count). The molecule has 1 aromatic heterocycles. The third kappa shape index (κ3) is 5.39. The second kappa shape index (κ2) is 10.5. The zero-order valence-electron chi connectivity index (χ0n) is 20.4. The number of carboxylic acid groups (broad SMARTS) is 1. The lowest BCUT2D eigenvalue weighted by Gasteiger charge is -2.29. The van der Waals surface area contributed by atoms with E-state index in [4.69, 9.17) is 0 Å². The molecular formula is C26H30FN5O4. The number of benzene rings is 2. The standard InChI is InChI=1S/C26H30FN5O4/c1-15(2)19-8-6-17(14-21(19)27)28-26(36)31-11-4-5-22(31)24(33)29-23-10-12-32(30-23)18-7-9-20(25(34)35)16(3)13-18/h6-10,12-15,22,26,28,36H,4-5,11H2,1-3H3,(H,34,35)(H,29,30,33)/t22-,26?/m1/s1. The van der Waals surface area contributed by atoms with Gasteiger partial charge in [0, 0.05) is 24.5 Å². The number of rotatable bonds is 8. The fourth-order valence-electron chi connectivity index (χ4n) is 4.45. The van der Waals surface area contributed by atoms with E-state index in [1.54, 1.807) is 53.0 Å². The maximum absolute atomic E-state index is 14.3. The molecule has 0 spiro atoms. The molecule has 1 amide bonds. The third-order valence-corrected chi connectivity index (χ3v) is 6.37. The normalized spacial score (nSPS) is 16.8. The van der Waals surface area contributed by atoms with Crippen molar-refractivity contribution in [2.45, 2.75) is 51.9 Å². The fraction of sp³-hybridized carbons (Fsp3) is 0.346. The minimum Gasteiger partial charge on any atom is -0.478 e. The van der Waals surface area contributed by atoms with E-state index in [9.17, 15) is 24.2 Å². The van der Waals surface area contributed by atoms with Crippen LogP contribution < -0.4 is 10.6 Å². The summed E-state index contributed by atoms with van der Waals surface area (Å²) in [5, 5.41) is 30.0. The molecule has 36 heavy (non-hydrogen) atoms. The van der Waals surface area contributed by atoms with E-state index in [0.29, 0.717) is 41.3 Å². The van der Waals surface area contributed by atoms with Gasteiger partial charge in [-0.1, -0.05) is 19.9 Å². The molecule has 0 bridgehead atoms. The molecule has 190 valence electrons. The van der Waals surface area contributed by atoms with E-state index in [1.807, 2.05) is 13.8 Å². The number of hydrogen-bond acceptors (Lipinski definition) is 6. The maximum atomic E-state index is 14.3. The van der Waals surface area contributed by atoms with E-state index in [2.05, 4.69) is 15.7 Å². The molecule has 9 nitrogen and oxygen atoms in total. The van der Waals surface area contributed by atoms with Gasteiger partial charge in [0.15, 0.2) is 12.2 Å². The number of amides is 1. The summed E-state index contributed by atoms with van der Waals surface area (Å²) in [7, 11) is 0. The van der Waals surface area contributed by atoms with Crippen LogP contribution in [0.5, 0.6) is 0 Å². The highest BCUT2D eigenvalue weighted by molar-refractivity contribution is 5.94. The van der Waals surface area contributed by atoms with Crippen LogP contribution in [-0.4, -0.2) is 55.7 Å². The van der Waals surface area contributed by atoms with Crippen molar-refractivity contribution >= 4 is 23.4 Å². The number of aromatic carboxylic acids is 1. The summed E-state index contributed by atoms with van der Waals surface area (Å²) < 4.78 is 15.9. The van der Waals surface area contributed by atoms with Gasteiger partial charge in [0.2, 0.25) is 5.91 Å². The van der Waals surface area contributed by atoms with Gasteiger partial charge in [-0.15, -0.1) is 0 Å². The van der Waals surface area contributed by atoms with E-state index in [1.165, 1.54) is 12.1 Å². The summed E-state index contributed by atoms with van der Waals surface area (Å²) >= 11 is 0. The summed E-state index contributed by atoms with van der Waals surface area (Å²) in [6, 6.07) is 10.7. The van der Waals surface area contributed by atoms with Gasteiger partial charge >= 0.3 is 5.97 Å². The number of nitrogens with one attached hydrogen (secondary N) is 2. The van der Waals surface area contributed by atoms with Gasteiger partial charge in [-0.2, -0.15) is 5.10 Å². The van der Waals surface area contributed by atoms with Crippen molar-refractivity contribution in [3.05, 3.63) is 71.2 Å². The third-order valence-electron chi connectivity index (χ3n) is 6.37. The Labute approximate surface area is 208 Å². The SMILES string of the molecule is Cc1cc(-n2ccc(NC(=O)[C@H]3CCCN3C(O)Nc3ccc(C(C)C)c(F)c3)n2)ccc1C(=O)O. The van der Waals surface area contributed by atoms with Gasteiger partial charge < -0.3 is 20.8 Å². The number of carbonyl (C=O) groups excluding carboxylic acids is 1. The molecule has 2 atom stereocenters. The summed E-state index contributed by atoms with van der Waals surface area (Å²) in [6.45, 7) is 6.03. The van der Waals surface area contributed by atoms with E-state index in [0.717, 1.165) is 6.42 Å². The Kier molecular flexibility index (Phi) is 7.37. The van der Waals surface area contributed by atoms with Crippen molar-refractivity contribution in [2.24, 2.45) is 0 Å². The van der Waals surface area contributed by atoms with E-state index in [-0.39, 0.29) is 23.2 Å². The summed E-state index contributed by atoms with van der Waals surface area (Å²) in [4.78, 5) is 25.9. The zero-order valence-corrected chi connectivity index (χ0v) is 20.4. The average molecular weight is 496 g/mol. The minimum atomic E-state index is -1.17. The lowest BCUT2D eigenvalue weighted by Crippen LogP contribution is -2.48. The summed E-state index contributed by atoms with van der Waals surface area (Å²) in [6.07, 6.45) is 1.78. The lowest BCUT2D eigenvalue weighted by atomic mass is 10.0. The van der Waals surface area contributed by atoms with Crippen molar-refractivity contribution in [3.8, 4) is 5.69 Å². The predicted octanol–water partition coefficient (Wildman–Crippen LogP) is 3.93. The van der Waals surface area contributed by atoms with Crippen molar-refractivity contribution in [3.63, 3.8) is 0 Å². The number of likely N-dealkylation sites (tertiary alicyclic amines) is 1. The highest BCUT2D eigenvalue weighted by Crippen LogP contribution is 2.25. The first-order valence-corrected chi connectivity index (χ1v) is 11.8. The number of hydrogen-bond donors (Lipinski definition) is 4. The van der Waals surface area contributed by atoms with E-state index < -0.39 is 18.4 Å². The van der Waals surface area contributed by atoms with Crippen molar-refractivity contribution in [1.82, 2.24) is 14.7 Å². The number of aromatic nitrogens is 2. The van der Waals surface area contributed by atoms with Crippen LogP contribution in [0.25, 0.3) is 5.69 Å². The number of carboxylic acids is 1. The number of aliphatic hydroxyl groups excluding tert-OH is 1. The quantitative estimate of drug-likeness (QED) is 0.350. The number of aryl methyl sites for hydroxylation is 1. The Hall–Kier alpha value is -3.76. The van der Waals surface area contributed by atoms with Crippen LogP contribution in [0.3, 0.4) is 0 Å². The maximum Gasteiger partial charge on any atom is 0.335 e. The van der Waals surface area contributed by atoms with Crippen LogP contribution >= 0.6 is 0 Å². The highest BCUT2D eigenvalue weighted by atomic mass is 19.1. The van der Waals surface area contributed by atoms with Gasteiger partial charge in [0.05, 0.1) is 17.3 Å². The summed E-state index contributed by atoms with van der Waals surface area (Å²) in [5.74, 6) is -1.27. The Morgan fingerprint density at radius 3 is 2.61 bits per heavy atom. The van der Waals surface area contributed by atoms with Crippen molar-refractivity contribution < 1.29 is 24.2 Å². The monoisotopic (exact) mass is 495 g/mol. The molecule has 0 radical (unpaired) electrons. The molecular weight excluding hydrogens is 465 g/mol. The first-order chi connectivity index (χ1) is 17.1. The lowest BCUT2D eigenvalue weighted by molar-refractivity contribution is -0.123. The molecule has 0 aliphatic carbocycles. The largest absolute Gasteiger partial charge is 0.478 e. The van der Waals surface area contributed by atoms with Crippen molar-refractivity contribution in [2.75, 3.05) is 17.2 Å². The Morgan fingerprint density at radius 1 is 1.17 bits per heavy atom. The van der Waals surface area contributed by atoms with Gasteiger partial charge in [0.1, 0.15) is 5.82 Å². The topological polar surface area (TPSA) is 120 Å². The smallest absolute Gasteiger partial charge is 0.335 e. The molecule has 1 fully saturated rings. The Morgan fingerprint density at radius 2 is 1.94 bits per heavy atom. The molecule has 1 unspecified atom stereocenters.